The van der Waals surface area contributed by atoms with Crippen molar-refractivity contribution in [3.05, 3.63) is 0 Å². The summed E-state index contributed by atoms with van der Waals surface area (Å²) in [4.78, 5) is 0. The van der Waals surface area contributed by atoms with E-state index in [0.29, 0.717) is 0 Å². The standard InChI is InChI=1S/C20H43BO3S3/c1-6-11-16-26-19(14-9-4)23-21(22-18(25)13-8-3)24-20(15-10-5)27-17-12-7-2/h18-20,25H,6-17H2,1-5H3. The van der Waals surface area contributed by atoms with E-state index in [1.807, 2.05) is 23.5 Å². The quantitative estimate of drug-likeness (QED) is 0.0925. The number of thiol groups is 1. The molecule has 7 heteroatoms. The summed E-state index contributed by atoms with van der Waals surface area (Å²) in [5.41, 5.74) is 0.0964. The Morgan fingerprint density at radius 2 is 1.11 bits per heavy atom. The highest BCUT2D eigenvalue weighted by molar-refractivity contribution is 8.00. The van der Waals surface area contributed by atoms with E-state index >= 15 is 0 Å². The molecule has 0 saturated carbocycles. The molecule has 3 unspecified atom stereocenters. The molecule has 0 aromatic carbocycles. The van der Waals surface area contributed by atoms with Crippen LogP contribution in [0.5, 0.6) is 0 Å². The lowest BCUT2D eigenvalue weighted by Crippen LogP contribution is -2.36. The van der Waals surface area contributed by atoms with Crippen LogP contribution in [0, 0.1) is 0 Å². The maximum Gasteiger partial charge on any atom is 0.641 e. The van der Waals surface area contributed by atoms with Crippen LogP contribution in [0.4, 0.5) is 0 Å². The zero-order valence-corrected chi connectivity index (χ0v) is 20.8. The minimum Gasteiger partial charge on any atom is -0.374 e. The first-order valence-corrected chi connectivity index (χ1v) is 13.6. The van der Waals surface area contributed by atoms with Crippen molar-refractivity contribution < 1.29 is 14.0 Å². The average Bonchev–Trinajstić information content (AvgIpc) is 2.62. The molecule has 0 N–H and O–H groups in total. The maximum absolute atomic E-state index is 6.29. The molecule has 0 bridgehead atoms. The van der Waals surface area contributed by atoms with E-state index in [4.69, 9.17) is 14.0 Å². The van der Waals surface area contributed by atoms with E-state index in [9.17, 15) is 0 Å². The van der Waals surface area contributed by atoms with Gasteiger partial charge in [-0.15, -0.1) is 36.2 Å². The molecule has 3 nitrogen and oxygen atoms in total. The lowest BCUT2D eigenvalue weighted by molar-refractivity contribution is 0.0635. The molecule has 0 rings (SSSR count). The molecule has 0 fully saturated rings. The van der Waals surface area contributed by atoms with Crippen molar-refractivity contribution in [3.8, 4) is 0 Å². The van der Waals surface area contributed by atoms with Crippen molar-refractivity contribution in [2.75, 3.05) is 11.5 Å². The van der Waals surface area contributed by atoms with Gasteiger partial charge in [0, 0.05) is 0 Å². The fourth-order valence-electron chi connectivity index (χ4n) is 2.36. The van der Waals surface area contributed by atoms with Gasteiger partial charge in [0.25, 0.3) is 0 Å². The predicted molar refractivity (Wildman–Crippen MR) is 129 cm³/mol. The zero-order chi connectivity index (χ0) is 20.3. The molecule has 27 heavy (non-hydrogen) atoms. The van der Waals surface area contributed by atoms with Crippen molar-refractivity contribution in [3.63, 3.8) is 0 Å². The Morgan fingerprint density at radius 1 is 0.667 bits per heavy atom. The molecule has 0 aliphatic heterocycles. The van der Waals surface area contributed by atoms with E-state index in [0.717, 1.165) is 50.0 Å². The van der Waals surface area contributed by atoms with Crippen LogP contribution >= 0.6 is 36.2 Å². The smallest absolute Gasteiger partial charge is 0.374 e. The average molecular weight is 439 g/mol. The molecule has 0 aliphatic carbocycles. The van der Waals surface area contributed by atoms with E-state index in [1.165, 1.54) is 25.7 Å². The first-order chi connectivity index (χ1) is 13.1. The Kier molecular flexibility index (Phi) is 21.0. The monoisotopic (exact) mass is 438 g/mol. The van der Waals surface area contributed by atoms with Crippen LogP contribution in [0.2, 0.25) is 0 Å². The third-order valence-corrected chi connectivity index (χ3v) is 6.85. The molecular formula is C20H43BO3S3. The van der Waals surface area contributed by atoms with Gasteiger partial charge in [-0.05, 0) is 43.6 Å². The third-order valence-electron chi connectivity index (χ3n) is 3.98. The van der Waals surface area contributed by atoms with Crippen molar-refractivity contribution >= 4 is 43.5 Å². The van der Waals surface area contributed by atoms with Gasteiger partial charge in [0.05, 0.1) is 16.3 Å². The number of thioether (sulfide) groups is 2. The van der Waals surface area contributed by atoms with Crippen molar-refractivity contribution in [2.24, 2.45) is 0 Å². The van der Waals surface area contributed by atoms with Gasteiger partial charge < -0.3 is 14.0 Å². The Hall–Kier alpha value is 0.995. The second-order valence-corrected chi connectivity index (χ2v) is 9.94. The summed E-state index contributed by atoms with van der Waals surface area (Å²) in [6, 6.07) is 0. The molecule has 0 aromatic rings. The number of hydrogen-bond acceptors (Lipinski definition) is 6. The number of unbranched alkanes of at least 4 members (excludes halogenated alkanes) is 2. The second-order valence-electron chi connectivity index (χ2n) is 6.83. The van der Waals surface area contributed by atoms with Crippen LogP contribution in [-0.2, 0) is 14.0 Å². The molecule has 0 aliphatic rings. The first kappa shape index (κ1) is 28.0. The molecule has 3 atom stereocenters. The lowest BCUT2D eigenvalue weighted by Gasteiger charge is -2.27. The van der Waals surface area contributed by atoms with Gasteiger partial charge in [-0.25, -0.2) is 0 Å². The Bertz CT molecular complexity index is 292. The van der Waals surface area contributed by atoms with Crippen LogP contribution in [0.3, 0.4) is 0 Å². The normalized spacial score (nSPS) is 14.9. The SMILES string of the molecule is CCCCSC(CCC)OB(OC(S)CCC)OC(CCC)SCCCC. The van der Waals surface area contributed by atoms with Gasteiger partial charge in [0.1, 0.15) is 0 Å². The lowest BCUT2D eigenvalue weighted by atomic mass is 10.2. The van der Waals surface area contributed by atoms with E-state index < -0.39 is 7.32 Å². The van der Waals surface area contributed by atoms with E-state index in [1.54, 1.807) is 0 Å². The van der Waals surface area contributed by atoms with Crippen molar-refractivity contribution in [1.82, 2.24) is 0 Å². The van der Waals surface area contributed by atoms with E-state index in [2.05, 4.69) is 47.2 Å². The highest BCUT2D eigenvalue weighted by Gasteiger charge is 2.31. The van der Waals surface area contributed by atoms with Gasteiger partial charge in [0.2, 0.25) is 0 Å². The summed E-state index contributed by atoms with van der Waals surface area (Å²) in [6.45, 7) is 11.0. The molecular weight excluding hydrogens is 395 g/mol. The summed E-state index contributed by atoms with van der Waals surface area (Å²) in [6.07, 6.45) is 11.0. The zero-order valence-electron chi connectivity index (χ0n) is 18.3. The highest BCUT2D eigenvalue weighted by atomic mass is 32.2. The van der Waals surface area contributed by atoms with E-state index in [-0.39, 0.29) is 16.3 Å². The molecule has 0 saturated heterocycles. The highest BCUT2D eigenvalue weighted by Crippen LogP contribution is 2.26. The van der Waals surface area contributed by atoms with Crippen molar-refractivity contribution in [1.29, 1.82) is 0 Å². The molecule has 162 valence electrons. The number of rotatable bonds is 20. The fraction of sp³-hybridized carbons (Fsp3) is 1.00. The minimum atomic E-state index is -0.629. The fourth-order valence-corrected chi connectivity index (χ4v) is 5.30. The topological polar surface area (TPSA) is 27.7 Å². The van der Waals surface area contributed by atoms with Gasteiger partial charge in [-0.2, -0.15) is 0 Å². The first-order valence-electron chi connectivity index (χ1n) is 11.0. The molecule has 0 amide bonds. The maximum atomic E-state index is 6.29. The van der Waals surface area contributed by atoms with Gasteiger partial charge in [-0.1, -0.05) is 66.7 Å². The molecule has 0 aromatic heterocycles. The summed E-state index contributed by atoms with van der Waals surface area (Å²) < 4.78 is 18.6. The van der Waals surface area contributed by atoms with Gasteiger partial charge in [0.15, 0.2) is 0 Å². The summed E-state index contributed by atoms with van der Waals surface area (Å²) in [5, 5.41) is 0. The minimum absolute atomic E-state index is 0.122. The summed E-state index contributed by atoms with van der Waals surface area (Å²) in [5.74, 6) is 2.24. The van der Waals surface area contributed by atoms with Crippen LogP contribution in [0.1, 0.15) is 98.8 Å². The van der Waals surface area contributed by atoms with Crippen LogP contribution in [0.15, 0.2) is 0 Å². The Morgan fingerprint density at radius 3 is 1.48 bits per heavy atom. The van der Waals surface area contributed by atoms with Crippen LogP contribution in [0.25, 0.3) is 0 Å². The second kappa shape index (κ2) is 20.3. The van der Waals surface area contributed by atoms with Crippen LogP contribution in [-0.4, -0.2) is 35.1 Å². The summed E-state index contributed by atoms with van der Waals surface area (Å²) >= 11 is 8.35. The van der Waals surface area contributed by atoms with Crippen LogP contribution < -0.4 is 0 Å². The molecule has 0 spiro atoms. The van der Waals surface area contributed by atoms with Gasteiger partial charge >= 0.3 is 7.32 Å². The third kappa shape index (κ3) is 16.5. The molecule has 0 radical (unpaired) electrons. The number of hydrogen-bond donors (Lipinski definition) is 1. The van der Waals surface area contributed by atoms with Gasteiger partial charge in [-0.3, -0.25) is 0 Å². The Balaban J connectivity index is 4.86. The largest absolute Gasteiger partial charge is 0.641 e. The predicted octanol–water partition coefficient (Wildman–Crippen LogP) is 7.40. The molecule has 0 heterocycles. The summed E-state index contributed by atoms with van der Waals surface area (Å²) in [7, 11) is -0.629. The van der Waals surface area contributed by atoms with Crippen molar-refractivity contribution in [2.45, 2.75) is 115 Å². The Labute approximate surface area is 183 Å².